The third-order valence-electron chi connectivity index (χ3n) is 3.81. The van der Waals surface area contributed by atoms with Crippen LogP contribution in [0.2, 0.25) is 0 Å². The fraction of sp³-hybridized carbons (Fsp3) is 0.250. The summed E-state index contributed by atoms with van der Waals surface area (Å²) in [7, 11) is 0. The molecule has 9 heteroatoms. The van der Waals surface area contributed by atoms with E-state index >= 15 is 0 Å². The molecule has 0 spiro atoms. The maximum absolute atomic E-state index is 12.2. The Balaban J connectivity index is 2.14. The molecule has 0 aliphatic heterocycles. The first-order valence-electron chi connectivity index (χ1n) is 8.59. The van der Waals surface area contributed by atoms with Gasteiger partial charge in [-0.05, 0) is 46.9 Å². The van der Waals surface area contributed by atoms with Crippen molar-refractivity contribution in [3.05, 3.63) is 60.2 Å². The quantitative estimate of drug-likeness (QED) is 0.103. The van der Waals surface area contributed by atoms with E-state index in [0.717, 1.165) is 0 Å². The molecule has 2 aromatic carbocycles. The van der Waals surface area contributed by atoms with Gasteiger partial charge in [-0.1, -0.05) is 38.1 Å². The number of ether oxygens (including phenoxy) is 3. The van der Waals surface area contributed by atoms with Crippen LogP contribution < -0.4 is 15.0 Å². The second-order valence-corrected chi connectivity index (χ2v) is 6.73. The van der Waals surface area contributed by atoms with Gasteiger partial charge in [0.1, 0.15) is 16.1 Å². The monoisotopic (exact) mass is 513 g/mol. The van der Waals surface area contributed by atoms with E-state index in [1.165, 1.54) is 12.1 Å². The third kappa shape index (κ3) is 6.43. The van der Waals surface area contributed by atoms with Gasteiger partial charge in [-0.3, -0.25) is 4.79 Å². The van der Waals surface area contributed by atoms with Gasteiger partial charge in [-0.25, -0.2) is 9.59 Å². The number of hydrogen-bond acceptors (Lipinski definition) is 8. The predicted molar refractivity (Wildman–Crippen MR) is 112 cm³/mol. The molecule has 0 fully saturated rings. The minimum absolute atomic E-state index is 0.144. The molecular formula is C20H20INO7. The smallest absolute Gasteiger partial charge is 0.462 e. The van der Waals surface area contributed by atoms with Crippen molar-refractivity contribution in [2.45, 2.75) is 19.6 Å². The van der Waals surface area contributed by atoms with Gasteiger partial charge in [0.15, 0.2) is 6.29 Å². The molecule has 0 heterocycles. The summed E-state index contributed by atoms with van der Waals surface area (Å²) in [5.74, 6) is -0.701. The summed E-state index contributed by atoms with van der Waals surface area (Å²) in [4.78, 5) is 40.6. The number of aldehydes is 1. The standard InChI is InChI=1S/C20H20INO7/c1-14(2)20(12-23,22-29-18(24)15-7-4-3-5-8-15)28-17-10-6-9-16(11-17)27-19(25)26-13-21/h3-12,14,22H,13H2,1-2H3. The van der Waals surface area contributed by atoms with E-state index in [9.17, 15) is 14.4 Å². The SMILES string of the molecule is CC(C)C(C=O)(NOC(=O)c1ccccc1)Oc1cccc(OC(=O)OCI)c1. The lowest BCUT2D eigenvalue weighted by atomic mass is 10.0. The summed E-state index contributed by atoms with van der Waals surface area (Å²) >= 11 is 1.86. The van der Waals surface area contributed by atoms with Gasteiger partial charge < -0.3 is 19.0 Å². The van der Waals surface area contributed by atoms with Gasteiger partial charge in [-0.15, -0.1) is 5.48 Å². The first kappa shape index (κ1) is 22.6. The number of halogens is 1. The van der Waals surface area contributed by atoms with Crippen LogP contribution in [0.15, 0.2) is 54.6 Å². The maximum Gasteiger partial charge on any atom is 0.514 e. The maximum atomic E-state index is 12.2. The van der Waals surface area contributed by atoms with Gasteiger partial charge in [-0.2, -0.15) is 0 Å². The summed E-state index contributed by atoms with van der Waals surface area (Å²) < 4.78 is 15.7. The van der Waals surface area contributed by atoms with E-state index in [4.69, 9.17) is 19.0 Å². The molecule has 0 radical (unpaired) electrons. The normalized spacial score (nSPS) is 12.6. The zero-order valence-corrected chi connectivity index (χ0v) is 18.0. The average Bonchev–Trinajstić information content (AvgIpc) is 2.71. The number of hydrogen-bond donors (Lipinski definition) is 1. The molecule has 0 bridgehead atoms. The Kier molecular flexibility index (Phi) is 8.40. The van der Waals surface area contributed by atoms with Crippen LogP contribution in [0.4, 0.5) is 4.79 Å². The molecule has 0 saturated carbocycles. The van der Waals surface area contributed by atoms with Crippen LogP contribution >= 0.6 is 22.6 Å². The van der Waals surface area contributed by atoms with Crippen molar-refractivity contribution >= 4 is 41.0 Å². The second-order valence-electron chi connectivity index (χ2n) is 6.11. The highest BCUT2D eigenvalue weighted by Gasteiger charge is 2.38. The number of alkyl halides is 1. The highest BCUT2D eigenvalue weighted by Crippen LogP contribution is 2.26. The fourth-order valence-corrected chi connectivity index (χ4v) is 2.42. The lowest BCUT2D eigenvalue weighted by Crippen LogP contribution is -2.56. The molecule has 154 valence electrons. The fourth-order valence-electron chi connectivity index (χ4n) is 2.17. The van der Waals surface area contributed by atoms with Gasteiger partial charge >= 0.3 is 12.1 Å². The van der Waals surface area contributed by atoms with Crippen LogP contribution in [-0.2, 0) is 14.4 Å². The number of benzene rings is 2. The molecule has 0 amide bonds. The molecular weight excluding hydrogens is 493 g/mol. The number of carbonyl (C=O) groups is 3. The van der Waals surface area contributed by atoms with Gasteiger partial charge in [0.2, 0.25) is 5.72 Å². The molecule has 2 rings (SSSR count). The number of carbonyl (C=O) groups excluding carboxylic acids is 3. The van der Waals surface area contributed by atoms with Crippen molar-refractivity contribution in [3.63, 3.8) is 0 Å². The summed E-state index contributed by atoms with van der Waals surface area (Å²) in [5, 5.41) is 0. The van der Waals surface area contributed by atoms with Crippen LogP contribution in [0.3, 0.4) is 0 Å². The third-order valence-corrected chi connectivity index (χ3v) is 4.12. The zero-order chi connectivity index (χ0) is 21.3. The van der Waals surface area contributed by atoms with E-state index < -0.39 is 23.8 Å². The molecule has 8 nitrogen and oxygen atoms in total. The van der Waals surface area contributed by atoms with E-state index in [0.29, 0.717) is 11.8 Å². The largest absolute Gasteiger partial charge is 0.514 e. The molecule has 2 aromatic rings. The molecule has 0 saturated heterocycles. The number of hydroxylamine groups is 1. The van der Waals surface area contributed by atoms with Crippen molar-refractivity contribution in [3.8, 4) is 11.5 Å². The number of nitrogens with one attached hydrogen (secondary N) is 1. The van der Waals surface area contributed by atoms with Crippen LogP contribution in [0.5, 0.6) is 11.5 Å². The lowest BCUT2D eigenvalue weighted by molar-refractivity contribution is -0.145. The predicted octanol–water partition coefficient (Wildman–Crippen LogP) is 3.89. The second kappa shape index (κ2) is 10.8. The van der Waals surface area contributed by atoms with Crippen molar-refractivity contribution in [1.29, 1.82) is 0 Å². The highest BCUT2D eigenvalue weighted by atomic mass is 127. The molecule has 0 aliphatic carbocycles. The average molecular weight is 513 g/mol. The Hall–Kier alpha value is -2.66. The van der Waals surface area contributed by atoms with Crippen LogP contribution in [0, 0.1) is 5.92 Å². The Morgan fingerprint density at radius 1 is 1.10 bits per heavy atom. The minimum atomic E-state index is -1.66. The van der Waals surface area contributed by atoms with Crippen molar-refractivity contribution in [1.82, 2.24) is 5.48 Å². The van der Waals surface area contributed by atoms with Crippen molar-refractivity contribution < 1.29 is 33.4 Å². The van der Waals surface area contributed by atoms with Crippen LogP contribution in [-0.4, -0.2) is 28.7 Å². The Morgan fingerprint density at radius 2 is 1.79 bits per heavy atom. The Bertz CT molecular complexity index is 844. The van der Waals surface area contributed by atoms with Crippen molar-refractivity contribution in [2.75, 3.05) is 4.61 Å². The van der Waals surface area contributed by atoms with Gasteiger partial charge in [0.25, 0.3) is 0 Å². The number of rotatable bonds is 9. The molecule has 29 heavy (non-hydrogen) atoms. The van der Waals surface area contributed by atoms with Gasteiger partial charge in [0, 0.05) is 12.0 Å². The van der Waals surface area contributed by atoms with E-state index in [1.54, 1.807) is 56.3 Å². The van der Waals surface area contributed by atoms with Crippen LogP contribution in [0.25, 0.3) is 0 Å². The van der Waals surface area contributed by atoms with Gasteiger partial charge in [0.05, 0.1) is 5.56 Å². The van der Waals surface area contributed by atoms with Crippen LogP contribution in [0.1, 0.15) is 24.2 Å². The first-order valence-corrected chi connectivity index (χ1v) is 10.1. The summed E-state index contributed by atoms with van der Waals surface area (Å²) in [6.45, 7) is 3.44. The minimum Gasteiger partial charge on any atom is -0.462 e. The lowest BCUT2D eigenvalue weighted by Gasteiger charge is -2.32. The molecule has 1 N–H and O–H groups in total. The van der Waals surface area contributed by atoms with E-state index in [2.05, 4.69) is 5.48 Å². The molecule has 0 aromatic heterocycles. The zero-order valence-electron chi connectivity index (χ0n) is 15.8. The van der Waals surface area contributed by atoms with E-state index in [1.807, 2.05) is 22.6 Å². The molecule has 1 atom stereocenters. The summed E-state index contributed by atoms with van der Waals surface area (Å²) in [6.07, 6.45) is -0.356. The Labute approximate surface area is 181 Å². The van der Waals surface area contributed by atoms with Crippen molar-refractivity contribution in [2.24, 2.45) is 5.92 Å². The van der Waals surface area contributed by atoms with E-state index in [-0.39, 0.29) is 16.1 Å². The first-order chi connectivity index (χ1) is 13.9. The summed E-state index contributed by atoms with van der Waals surface area (Å²) in [5.41, 5.74) is 1.09. The topological polar surface area (TPSA) is 100 Å². The molecule has 1 unspecified atom stereocenters. The summed E-state index contributed by atoms with van der Waals surface area (Å²) in [6, 6.07) is 14.4. The molecule has 0 aliphatic rings. The highest BCUT2D eigenvalue weighted by molar-refractivity contribution is 14.1. The Morgan fingerprint density at radius 3 is 2.41 bits per heavy atom.